The maximum absolute atomic E-state index is 13.1. The average Bonchev–Trinajstić information content (AvgIpc) is 3.00. The third-order valence-electron chi connectivity index (χ3n) is 8.03. The zero-order chi connectivity index (χ0) is 31.7. The number of sulfonamides is 1. The molecule has 0 saturated carbocycles. The van der Waals surface area contributed by atoms with Gasteiger partial charge in [0.05, 0.1) is 30.6 Å². The number of esters is 1. The van der Waals surface area contributed by atoms with E-state index in [9.17, 15) is 28.2 Å². The molecule has 0 spiro atoms. The number of nitrogens with one attached hydrogen (secondary N) is 3. The van der Waals surface area contributed by atoms with Crippen LogP contribution in [0.1, 0.15) is 49.8 Å². The van der Waals surface area contributed by atoms with Gasteiger partial charge in [-0.2, -0.15) is 0 Å². The number of rotatable bonds is 12. The highest BCUT2D eigenvalue weighted by Gasteiger charge is 2.33. The summed E-state index contributed by atoms with van der Waals surface area (Å²) in [6.45, 7) is 5.53. The molecule has 2 amide bonds. The molecule has 2 aromatic carbocycles. The fourth-order valence-electron chi connectivity index (χ4n) is 5.65. The van der Waals surface area contributed by atoms with Crippen molar-refractivity contribution in [3.8, 4) is 5.75 Å². The summed E-state index contributed by atoms with van der Waals surface area (Å²) >= 11 is 0. The lowest BCUT2D eigenvalue weighted by Crippen LogP contribution is -2.52. The lowest BCUT2D eigenvalue weighted by molar-refractivity contribution is -0.149. The van der Waals surface area contributed by atoms with Crippen molar-refractivity contribution in [1.29, 1.82) is 0 Å². The minimum atomic E-state index is -3.56. The highest BCUT2D eigenvalue weighted by molar-refractivity contribution is 7.92. The van der Waals surface area contributed by atoms with Gasteiger partial charge in [0.2, 0.25) is 10.0 Å². The first-order chi connectivity index (χ1) is 21.0. The van der Waals surface area contributed by atoms with Crippen molar-refractivity contribution < 1.29 is 33.0 Å². The van der Waals surface area contributed by atoms with Crippen molar-refractivity contribution in [3.05, 3.63) is 53.6 Å². The number of aliphatic hydroxyl groups is 1. The molecule has 2 saturated heterocycles. The summed E-state index contributed by atoms with van der Waals surface area (Å²) in [4.78, 5) is 28.9. The summed E-state index contributed by atoms with van der Waals surface area (Å²) in [5.74, 6) is -0.650. The molecule has 4 rings (SSSR count). The Bertz CT molecular complexity index is 1360. The van der Waals surface area contributed by atoms with Gasteiger partial charge in [-0.1, -0.05) is 18.2 Å². The van der Waals surface area contributed by atoms with Crippen LogP contribution in [-0.2, 0) is 26.0 Å². The number of carbonyl (C=O) groups is 2. The van der Waals surface area contributed by atoms with Crippen LogP contribution in [0.15, 0.2) is 42.5 Å². The van der Waals surface area contributed by atoms with Crippen molar-refractivity contribution in [2.24, 2.45) is 5.92 Å². The molecule has 12 nitrogen and oxygen atoms in total. The number of benzene rings is 2. The third-order valence-corrected chi connectivity index (χ3v) is 8.62. The zero-order valence-corrected chi connectivity index (χ0v) is 26.3. The van der Waals surface area contributed by atoms with Gasteiger partial charge in [-0.15, -0.1) is 0 Å². The predicted octanol–water partition coefficient (Wildman–Crippen LogP) is 2.90. The van der Waals surface area contributed by atoms with E-state index in [0.29, 0.717) is 44.9 Å². The second-order valence-electron chi connectivity index (χ2n) is 11.5. The molecule has 13 heteroatoms. The second-order valence-corrected chi connectivity index (χ2v) is 13.3. The summed E-state index contributed by atoms with van der Waals surface area (Å²) < 4.78 is 30.4. The van der Waals surface area contributed by atoms with Crippen LogP contribution in [0.5, 0.6) is 5.75 Å². The molecule has 0 radical (unpaired) electrons. The minimum Gasteiger partial charge on any atom is -0.506 e. The lowest BCUT2D eigenvalue weighted by Gasteiger charge is -2.39. The number of hydrogen-bond acceptors (Lipinski definition) is 9. The van der Waals surface area contributed by atoms with Gasteiger partial charge in [0.1, 0.15) is 5.75 Å². The number of phenolic OH excluding ortho intramolecular Hbond substituents is 1. The Labute approximate surface area is 259 Å². The predicted molar refractivity (Wildman–Crippen MR) is 169 cm³/mol. The highest BCUT2D eigenvalue weighted by atomic mass is 32.2. The fourth-order valence-corrected chi connectivity index (χ4v) is 6.22. The first-order valence-electron chi connectivity index (χ1n) is 15.3. The molecular formula is C31H45N5O7S. The van der Waals surface area contributed by atoms with Crippen LogP contribution in [0.25, 0.3) is 0 Å². The molecule has 2 atom stereocenters. The summed E-state index contributed by atoms with van der Waals surface area (Å²) in [5.41, 5.74) is 2.69. The molecule has 242 valence electrons. The first-order valence-corrected chi connectivity index (χ1v) is 17.2. The van der Waals surface area contributed by atoms with Gasteiger partial charge in [0.15, 0.2) is 0 Å². The van der Waals surface area contributed by atoms with Crippen LogP contribution in [0.4, 0.5) is 16.2 Å². The van der Waals surface area contributed by atoms with Crippen LogP contribution in [0.3, 0.4) is 0 Å². The Morgan fingerprint density at radius 2 is 1.77 bits per heavy atom. The van der Waals surface area contributed by atoms with E-state index in [0.717, 1.165) is 49.6 Å². The summed E-state index contributed by atoms with van der Waals surface area (Å²) in [6, 6.07) is 12.9. The first kappa shape index (κ1) is 33.3. The van der Waals surface area contributed by atoms with E-state index in [2.05, 4.69) is 39.6 Å². The number of urea groups is 1. The van der Waals surface area contributed by atoms with Crippen LogP contribution in [0.2, 0.25) is 0 Å². The van der Waals surface area contributed by atoms with Gasteiger partial charge in [-0.25, -0.2) is 13.2 Å². The largest absolute Gasteiger partial charge is 0.506 e. The number of nitrogens with zero attached hydrogens (tertiary/aromatic N) is 2. The number of carbonyl (C=O) groups excluding carboxylic acids is 2. The van der Waals surface area contributed by atoms with Crippen molar-refractivity contribution >= 4 is 33.4 Å². The van der Waals surface area contributed by atoms with Crippen molar-refractivity contribution in [3.63, 3.8) is 0 Å². The van der Waals surface area contributed by atoms with Gasteiger partial charge in [0, 0.05) is 44.5 Å². The van der Waals surface area contributed by atoms with E-state index in [1.807, 2.05) is 4.90 Å². The molecule has 2 aliphatic heterocycles. The zero-order valence-electron chi connectivity index (χ0n) is 25.5. The van der Waals surface area contributed by atoms with E-state index in [1.165, 1.54) is 12.1 Å². The maximum atomic E-state index is 13.1. The smallest absolute Gasteiger partial charge is 0.320 e. The molecular weight excluding hydrogens is 586 g/mol. The molecule has 2 fully saturated rings. The Morgan fingerprint density at radius 3 is 2.45 bits per heavy atom. The van der Waals surface area contributed by atoms with Crippen LogP contribution in [-0.4, -0.2) is 98.6 Å². The van der Waals surface area contributed by atoms with E-state index >= 15 is 0 Å². The number of ether oxygens (including phenoxy) is 1. The number of anilines is 2. The monoisotopic (exact) mass is 631 g/mol. The SMILES string of the molecule is CCOC(=O)C1CCCN(C(=O)N2CCC(Nc3ccc(CCNC[C@H](O)c4ccc(O)c(NS(C)(=O)=O)c4)cc3)CC2)C1. The van der Waals surface area contributed by atoms with Gasteiger partial charge in [0.25, 0.3) is 0 Å². The highest BCUT2D eigenvalue weighted by Crippen LogP contribution is 2.28. The van der Waals surface area contributed by atoms with Crippen molar-refractivity contribution in [2.75, 3.05) is 62.2 Å². The number of likely N-dealkylation sites (tertiary alicyclic amines) is 2. The molecule has 44 heavy (non-hydrogen) atoms. The Balaban J connectivity index is 1.16. The van der Waals surface area contributed by atoms with Gasteiger partial charge in [-0.3, -0.25) is 9.52 Å². The number of piperidine rings is 2. The Hall–Kier alpha value is -3.55. The van der Waals surface area contributed by atoms with Gasteiger partial charge >= 0.3 is 12.0 Å². The second kappa shape index (κ2) is 15.4. The minimum absolute atomic E-state index is 0.0136. The number of phenols is 1. The third kappa shape index (κ3) is 9.73. The maximum Gasteiger partial charge on any atom is 0.320 e. The van der Waals surface area contributed by atoms with Crippen LogP contribution in [0, 0.1) is 5.92 Å². The number of hydrogen-bond donors (Lipinski definition) is 5. The molecule has 0 bridgehead atoms. The van der Waals surface area contributed by atoms with Crippen LogP contribution < -0.4 is 15.4 Å². The van der Waals surface area contributed by atoms with E-state index in [4.69, 9.17) is 4.74 Å². The summed E-state index contributed by atoms with van der Waals surface area (Å²) in [5, 5.41) is 27.2. The standard InChI is InChI=1S/C31H45N5O7S/c1-3-43-30(39)24-5-4-16-36(21-24)31(40)35-17-13-26(14-18-35)33-25-9-6-22(7-10-25)12-15-32-20-29(38)23-8-11-28(37)27(19-23)34-44(2,41)42/h6-11,19,24,26,29,32-34,37-38H,3-5,12-18,20-21H2,1-2H3/t24?,29-/m0/s1. The molecule has 5 N–H and O–H groups in total. The lowest BCUT2D eigenvalue weighted by atomic mass is 9.98. The summed E-state index contributed by atoms with van der Waals surface area (Å²) in [6.07, 6.45) is 4.17. The Kier molecular flexibility index (Phi) is 11.7. The topological polar surface area (TPSA) is 161 Å². The molecule has 2 aromatic rings. The van der Waals surface area contributed by atoms with E-state index < -0.39 is 16.1 Å². The van der Waals surface area contributed by atoms with E-state index in [-0.39, 0.29) is 41.9 Å². The number of aromatic hydroxyl groups is 1. The normalized spacial score (nSPS) is 18.5. The molecule has 2 heterocycles. The Morgan fingerprint density at radius 1 is 1.05 bits per heavy atom. The van der Waals surface area contributed by atoms with Gasteiger partial charge < -0.3 is 35.4 Å². The van der Waals surface area contributed by atoms with Crippen molar-refractivity contribution in [2.45, 2.75) is 51.2 Å². The quantitative estimate of drug-likeness (QED) is 0.135. The van der Waals surface area contributed by atoms with Crippen LogP contribution >= 0.6 is 0 Å². The average molecular weight is 632 g/mol. The number of aliphatic hydroxyl groups excluding tert-OH is 1. The fraction of sp³-hybridized carbons (Fsp3) is 0.548. The summed E-state index contributed by atoms with van der Waals surface area (Å²) in [7, 11) is -3.56. The molecule has 0 aliphatic carbocycles. The van der Waals surface area contributed by atoms with E-state index in [1.54, 1.807) is 17.9 Å². The molecule has 0 aromatic heterocycles. The molecule has 1 unspecified atom stereocenters. The van der Waals surface area contributed by atoms with Gasteiger partial charge in [-0.05, 0) is 81.0 Å². The molecule has 2 aliphatic rings. The number of amides is 2. The van der Waals surface area contributed by atoms with Crippen molar-refractivity contribution in [1.82, 2.24) is 15.1 Å².